The lowest BCUT2D eigenvalue weighted by Gasteiger charge is -2.36. The van der Waals surface area contributed by atoms with Crippen LogP contribution in [0.2, 0.25) is 0 Å². The third-order valence-electron chi connectivity index (χ3n) is 6.30. The molecule has 194 valence electrons. The zero-order valence-electron chi connectivity index (χ0n) is 20.8. The van der Waals surface area contributed by atoms with Crippen LogP contribution in [0.25, 0.3) is 11.5 Å². The summed E-state index contributed by atoms with van der Waals surface area (Å²) < 4.78 is 19.4. The number of aromatic nitrogens is 2. The second-order valence-electron chi connectivity index (χ2n) is 8.83. The molecule has 0 atom stereocenters. The zero-order chi connectivity index (χ0) is 26.5. The second kappa shape index (κ2) is 11.5. The molecular formula is C28H26FN5O3S. The van der Waals surface area contributed by atoms with Crippen LogP contribution in [0.15, 0.2) is 82.4 Å². The van der Waals surface area contributed by atoms with Gasteiger partial charge in [0.15, 0.2) is 0 Å². The van der Waals surface area contributed by atoms with Crippen LogP contribution in [0, 0.1) is 12.7 Å². The van der Waals surface area contributed by atoms with Crippen LogP contribution in [0.4, 0.5) is 15.8 Å². The minimum Gasteiger partial charge on any atom is -0.411 e. The number of aryl methyl sites for hydroxylation is 1. The number of carbonyl (C=O) groups excluding carboxylic acids is 2. The van der Waals surface area contributed by atoms with Crippen molar-refractivity contribution < 1.29 is 18.4 Å². The van der Waals surface area contributed by atoms with Crippen molar-refractivity contribution in [1.82, 2.24) is 15.1 Å². The Kier molecular flexibility index (Phi) is 7.69. The first kappa shape index (κ1) is 25.5. The smallest absolute Gasteiger partial charge is 0.277 e. The van der Waals surface area contributed by atoms with E-state index in [0.717, 1.165) is 41.7 Å². The summed E-state index contributed by atoms with van der Waals surface area (Å²) in [6, 6.07) is 21.4. The predicted octanol–water partition coefficient (Wildman–Crippen LogP) is 4.88. The molecule has 1 N–H and O–H groups in total. The number of hydrogen-bond donors (Lipinski definition) is 1. The molecule has 1 aliphatic rings. The van der Waals surface area contributed by atoms with Crippen LogP contribution in [0.1, 0.15) is 15.9 Å². The number of nitrogens with one attached hydrogen (secondary N) is 1. The average molecular weight is 532 g/mol. The predicted molar refractivity (Wildman–Crippen MR) is 145 cm³/mol. The number of carbonyl (C=O) groups is 2. The fraction of sp³-hybridized carbons (Fsp3) is 0.214. The Morgan fingerprint density at radius 3 is 2.39 bits per heavy atom. The van der Waals surface area contributed by atoms with Gasteiger partial charge in [-0.25, -0.2) is 4.39 Å². The highest BCUT2D eigenvalue weighted by atomic mass is 32.2. The highest BCUT2D eigenvalue weighted by Gasteiger charge is 2.23. The summed E-state index contributed by atoms with van der Waals surface area (Å²) >= 11 is 1.08. The lowest BCUT2D eigenvalue weighted by Crippen LogP contribution is -2.48. The minimum absolute atomic E-state index is 0.0670. The van der Waals surface area contributed by atoms with Crippen molar-refractivity contribution in [1.29, 1.82) is 0 Å². The van der Waals surface area contributed by atoms with Gasteiger partial charge in [0.2, 0.25) is 5.91 Å². The van der Waals surface area contributed by atoms with Gasteiger partial charge >= 0.3 is 0 Å². The van der Waals surface area contributed by atoms with Crippen LogP contribution in [-0.4, -0.2) is 58.8 Å². The Morgan fingerprint density at radius 1 is 0.947 bits per heavy atom. The Morgan fingerprint density at radius 2 is 1.66 bits per heavy atom. The van der Waals surface area contributed by atoms with Gasteiger partial charge in [0.25, 0.3) is 17.0 Å². The quantitative estimate of drug-likeness (QED) is 0.340. The van der Waals surface area contributed by atoms with E-state index in [0.29, 0.717) is 18.8 Å². The summed E-state index contributed by atoms with van der Waals surface area (Å²) in [5, 5.41) is 10.8. The van der Waals surface area contributed by atoms with Crippen molar-refractivity contribution in [3.63, 3.8) is 0 Å². The third kappa shape index (κ3) is 5.86. The van der Waals surface area contributed by atoms with Crippen molar-refractivity contribution in [2.24, 2.45) is 0 Å². The van der Waals surface area contributed by atoms with Crippen LogP contribution in [0.5, 0.6) is 0 Å². The number of amides is 2. The molecule has 0 saturated carbocycles. The number of thioether (sulfide) groups is 1. The fourth-order valence-corrected chi connectivity index (χ4v) is 4.81. The third-order valence-corrected chi connectivity index (χ3v) is 7.11. The number of nitrogens with zero attached hydrogens (tertiary/aromatic N) is 4. The van der Waals surface area contributed by atoms with Gasteiger partial charge in [0.1, 0.15) is 5.82 Å². The van der Waals surface area contributed by atoms with Gasteiger partial charge in [-0.1, -0.05) is 42.1 Å². The molecule has 1 aliphatic heterocycles. The molecule has 38 heavy (non-hydrogen) atoms. The maximum absolute atomic E-state index is 13.9. The maximum Gasteiger partial charge on any atom is 0.277 e. The van der Waals surface area contributed by atoms with E-state index in [2.05, 4.69) is 20.4 Å². The highest BCUT2D eigenvalue weighted by Crippen LogP contribution is 2.26. The van der Waals surface area contributed by atoms with Crippen LogP contribution < -0.4 is 10.2 Å². The molecular weight excluding hydrogens is 505 g/mol. The van der Waals surface area contributed by atoms with Gasteiger partial charge in [-0.2, -0.15) is 0 Å². The molecule has 0 spiro atoms. The van der Waals surface area contributed by atoms with Crippen molar-refractivity contribution >= 4 is 35.0 Å². The van der Waals surface area contributed by atoms with E-state index in [1.54, 1.807) is 18.2 Å². The van der Waals surface area contributed by atoms with E-state index in [9.17, 15) is 14.0 Å². The summed E-state index contributed by atoms with van der Waals surface area (Å²) in [5.74, 6) is -0.467. The Bertz CT molecular complexity index is 1430. The topological polar surface area (TPSA) is 91.6 Å². The molecule has 1 saturated heterocycles. The van der Waals surface area contributed by atoms with Crippen molar-refractivity contribution in [3.8, 4) is 11.5 Å². The largest absolute Gasteiger partial charge is 0.411 e. The first-order chi connectivity index (χ1) is 18.5. The van der Waals surface area contributed by atoms with E-state index in [1.807, 2.05) is 60.4 Å². The highest BCUT2D eigenvalue weighted by molar-refractivity contribution is 7.99. The monoisotopic (exact) mass is 531 g/mol. The van der Waals surface area contributed by atoms with E-state index in [-0.39, 0.29) is 34.2 Å². The molecule has 5 rings (SSSR count). The van der Waals surface area contributed by atoms with Gasteiger partial charge in [0.05, 0.1) is 11.3 Å². The molecule has 1 fully saturated rings. The molecule has 1 aromatic heterocycles. The SMILES string of the molecule is Cc1ccccc1C(=O)N1CCN(c2ccc(NC(=O)CSc3nnc(-c4ccccc4F)o3)cc2)CC1. The van der Waals surface area contributed by atoms with Gasteiger partial charge in [-0.15, -0.1) is 10.2 Å². The van der Waals surface area contributed by atoms with Crippen molar-refractivity contribution in [2.45, 2.75) is 12.1 Å². The van der Waals surface area contributed by atoms with E-state index in [1.165, 1.54) is 6.07 Å². The van der Waals surface area contributed by atoms with Gasteiger partial charge < -0.3 is 19.5 Å². The van der Waals surface area contributed by atoms with E-state index < -0.39 is 5.82 Å². The van der Waals surface area contributed by atoms with E-state index in [4.69, 9.17) is 4.42 Å². The fourth-order valence-electron chi connectivity index (χ4n) is 4.24. The van der Waals surface area contributed by atoms with Crippen molar-refractivity contribution in [3.05, 3.63) is 89.7 Å². The van der Waals surface area contributed by atoms with Crippen LogP contribution >= 0.6 is 11.8 Å². The molecule has 4 aromatic rings. The average Bonchev–Trinajstić information content (AvgIpc) is 3.41. The number of rotatable bonds is 7. The molecule has 0 unspecified atom stereocenters. The maximum atomic E-state index is 13.9. The lowest BCUT2D eigenvalue weighted by molar-refractivity contribution is -0.113. The van der Waals surface area contributed by atoms with Crippen molar-refractivity contribution in [2.75, 3.05) is 42.1 Å². The summed E-state index contributed by atoms with van der Waals surface area (Å²) in [5.41, 5.74) is 3.66. The molecule has 3 aromatic carbocycles. The second-order valence-corrected chi connectivity index (χ2v) is 9.76. The van der Waals surface area contributed by atoms with Gasteiger partial charge in [-0.3, -0.25) is 9.59 Å². The van der Waals surface area contributed by atoms with Crippen LogP contribution in [0.3, 0.4) is 0 Å². The Balaban J connectivity index is 1.10. The first-order valence-electron chi connectivity index (χ1n) is 12.2. The zero-order valence-corrected chi connectivity index (χ0v) is 21.6. The lowest BCUT2D eigenvalue weighted by atomic mass is 10.1. The van der Waals surface area contributed by atoms with Gasteiger partial charge in [-0.05, 0) is 55.0 Å². The molecule has 8 nitrogen and oxygen atoms in total. The number of anilines is 2. The molecule has 2 heterocycles. The first-order valence-corrected chi connectivity index (χ1v) is 13.2. The number of piperazine rings is 1. The minimum atomic E-state index is -0.452. The van der Waals surface area contributed by atoms with Gasteiger partial charge in [0, 0.05) is 43.1 Å². The molecule has 10 heteroatoms. The Hall–Kier alpha value is -4.18. The number of benzene rings is 3. The Labute approximate surface area is 223 Å². The van der Waals surface area contributed by atoms with E-state index >= 15 is 0 Å². The summed E-state index contributed by atoms with van der Waals surface area (Å²) in [7, 11) is 0. The van der Waals surface area contributed by atoms with Crippen LogP contribution in [-0.2, 0) is 4.79 Å². The number of halogens is 1. The normalized spacial score (nSPS) is 13.4. The molecule has 0 radical (unpaired) electrons. The summed E-state index contributed by atoms with van der Waals surface area (Å²) in [6.07, 6.45) is 0. The molecule has 0 bridgehead atoms. The summed E-state index contributed by atoms with van der Waals surface area (Å²) in [6.45, 7) is 4.73. The molecule has 0 aliphatic carbocycles. The standard InChI is InChI=1S/C28H26FN5O3S/c1-19-6-2-3-7-22(19)27(36)34-16-14-33(15-17-34)21-12-10-20(11-13-21)30-25(35)18-38-28-32-31-26(37-28)23-8-4-5-9-24(23)29/h2-13H,14-18H2,1H3,(H,30,35). The summed E-state index contributed by atoms with van der Waals surface area (Å²) in [4.78, 5) is 29.4. The molecule has 2 amide bonds. The number of hydrogen-bond acceptors (Lipinski definition) is 7.